The number of hydrogen-bond donors (Lipinski definition) is 3. The summed E-state index contributed by atoms with van der Waals surface area (Å²) in [7, 11) is 0. The van der Waals surface area contributed by atoms with Crippen LogP contribution in [-0.4, -0.2) is 33.5 Å². The van der Waals surface area contributed by atoms with Gasteiger partial charge in [-0.05, 0) is 35.4 Å². The van der Waals surface area contributed by atoms with Gasteiger partial charge in [-0.3, -0.25) is 24.7 Å². The molecule has 2 heterocycles. The fraction of sp³-hybridized carbons (Fsp3) is 0.188. The van der Waals surface area contributed by atoms with Crippen molar-refractivity contribution in [3.63, 3.8) is 0 Å². The second-order valence-electron chi connectivity index (χ2n) is 5.37. The third-order valence-electron chi connectivity index (χ3n) is 3.63. The predicted octanol–water partition coefficient (Wildman–Crippen LogP) is 1.15. The van der Waals surface area contributed by atoms with E-state index in [4.69, 9.17) is 5.21 Å². The Kier molecular flexibility index (Phi) is 4.31. The molecule has 7 nitrogen and oxygen atoms in total. The number of benzene rings is 1. The molecule has 2 amide bonds. The van der Waals surface area contributed by atoms with E-state index < -0.39 is 5.91 Å². The second kappa shape index (κ2) is 6.55. The molecule has 3 N–H and O–H groups in total. The Hall–Kier alpha value is -2.77. The molecule has 1 aromatic heterocycles. The van der Waals surface area contributed by atoms with Gasteiger partial charge in [-0.15, -0.1) is 0 Å². The van der Waals surface area contributed by atoms with E-state index in [1.165, 1.54) is 0 Å². The lowest BCUT2D eigenvalue weighted by atomic mass is 10.1. The number of carbonyl (C=O) groups is 2. The van der Waals surface area contributed by atoms with E-state index in [1.807, 2.05) is 17.0 Å². The number of nitrogens with one attached hydrogen (secondary N) is 2. The number of amides is 2. The van der Waals surface area contributed by atoms with Crippen molar-refractivity contribution in [3.8, 4) is 0 Å². The number of fused-ring (bicyclic) bond motifs is 1. The van der Waals surface area contributed by atoms with Crippen LogP contribution in [0.3, 0.4) is 0 Å². The zero-order chi connectivity index (χ0) is 16.2. The Morgan fingerprint density at radius 2 is 2.22 bits per heavy atom. The number of rotatable bonds is 3. The smallest absolute Gasteiger partial charge is 0.274 e. The van der Waals surface area contributed by atoms with E-state index in [2.05, 4.69) is 10.3 Å². The monoisotopic (exact) mass is 312 g/mol. The third kappa shape index (κ3) is 3.53. The largest absolute Gasteiger partial charge is 0.325 e. The lowest BCUT2D eigenvalue weighted by Gasteiger charge is -2.19. The van der Waals surface area contributed by atoms with Crippen LogP contribution in [0.15, 0.2) is 42.7 Å². The molecule has 0 spiro atoms. The van der Waals surface area contributed by atoms with Gasteiger partial charge in [-0.1, -0.05) is 6.07 Å². The molecule has 0 atom stereocenters. The SMILES string of the molecule is O=C1CN(Cc2cccnc2)Cc2cc(C(=O)NO)ccc2N1. The molecule has 0 saturated carbocycles. The van der Waals surface area contributed by atoms with Crippen LogP contribution in [0.1, 0.15) is 21.5 Å². The quantitative estimate of drug-likeness (QED) is 0.584. The molecule has 0 bridgehead atoms. The number of aromatic nitrogens is 1. The molecule has 0 aliphatic carbocycles. The summed E-state index contributed by atoms with van der Waals surface area (Å²) in [6.45, 7) is 1.34. The average Bonchev–Trinajstić information content (AvgIpc) is 2.71. The van der Waals surface area contributed by atoms with Crippen molar-refractivity contribution in [2.75, 3.05) is 11.9 Å². The highest BCUT2D eigenvalue weighted by Gasteiger charge is 2.20. The summed E-state index contributed by atoms with van der Waals surface area (Å²) in [6, 6.07) is 8.70. The highest BCUT2D eigenvalue weighted by Crippen LogP contribution is 2.23. The van der Waals surface area contributed by atoms with Crippen molar-refractivity contribution < 1.29 is 14.8 Å². The lowest BCUT2D eigenvalue weighted by molar-refractivity contribution is -0.117. The first-order valence-corrected chi connectivity index (χ1v) is 7.14. The van der Waals surface area contributed by atoms with Crippen molar-refractivity contribution in [3.05, 3.63) is 59.4 Å². The maximum atomic E-state index is 12.0. The van der Waals surface area contributed by atoms with Crippen LogP contribution in [-0.2, 0) is 17.9 Å². The number of nitrogens with zero attached hydrogens (tertiary/aromatic N) is 2. The average molecular weight is 312 g/mol. The molecule has 1 aliphatic rings. The fourth-order valence-electron chi connectivity index (χ4n) is 2.60. The van der Waals surface area contributed by atoms with Gasteiger partial charge in [0.15, 0.2) is 0 Å². The van der Waals surface area contributed by atoms with Crippen molar-refractivity contribution >= 4 is 17.5 Å². The lowest BCUT2D eigenvalue weighted by Crippen LogP contribution is -2.29. The molecule has 118 valence electrons. The van der Waals surface area contributed by atoms with Gasteiger partial charge in [0.05, 0.1) is 6.54 Å². The number of hydrogen-bond acceptors (Lipinski definition) is 5. The molecular weight excluding hydrogens is 296 g/mol. The van der Waals surface area contributed by atoms with Gasteiger partial charge in [-0.25, -0.2) is 5.48 Å². The molecule has 3 rings (SSSR count). The first-order valence-electron chi connectivity index (χ1n) is 7.14. The Morgan fingerprint density at radius 1 is 1.35 bits per heavy atom. The maximum absolute atomic E-state index is 12.0. The van der Waals surface area contributed by atoms with E-state index in [-0.39, 0.29) is 12.5 Å². The molecule has 2 aromatic rings. The summed E-state index contributed by atoms with van der Waals surface area (Å²) in [6.07, 6.45) is 3.47. The summed E-state index contributed by atoms with van der Waals surface area (Å²) in [4.78, 5) is 29.6. The van der Waals surface area contributed by atoms with E-state index in [0.717, 1.165) is 11.1 Å². The van der Waals surface area contributed by atoms with Crippen LogP contribution >= 0.6 is 0 Å². The van der Waals surface area contributed by atoms with E-state index in [9.17, 15) is 9.59 Å². The van der Waals surface area contributed by atoms with E-state index in [1.54, 1.807) is 36.1 Å². The first-order chi connectivity index (χ1) is 11.2. The second-order valence-corrected chi connectivity index (χ2v) is 5.37. The van der Waals surface area contributed by atoms with Crippen LogP contribution in [0.2, 0.25) is 0 Å². The van der Waals surface area contributed by atoms with Gasteiger partial charge in [0.2, 0.25) is 5.91 Å². The Bertz CT molecular complexity index is 733. The van der Waals surface area contributed by atoms with Gasteiger partial charge < -0.3 is 5.32 Å². The van der Waals surface area contributed by atoms with Crippen LogP contribution in [0, 0.1) is 0 Å². The highest BCUT2D eigenvalue weighted by molar-refractivity contribution is 5.97. The summed E-state index contributed by atoms with van der Waals surface area (Å²) < 4.78 is 0. The summed E-state index contributed by atoms with van der Waals surface area (Å²) >= 11 is 0. The molecule has 0 fully saturated rings. The molecular formula is C16H16N4O3. The number of pyridine rings is 1. The topological polar surface area (TPSA) is 94.6 Å². The van der Waals surface area contributed by atoms with Gasteiger partial charge in [0.1, 0.15) is 0 Å². The van der Waals surface area contributed by atoms with Crippen LogP contribution in [0.4, 0.5) is 5.69 Å². The first kappa shape index (κ1) is 15.1. The Balaban J connectivity index is 1.86. The minimum Gasteiger partial charge on any atom is -0.325 e. The molecule has 23 heavy (non-hydrogen) atoms. The normalized spacial score (nSPS) is 14.6. The standard InChI is InChI=1S/C16H16N4O3/c21-15-10-20(8-11-2-1-5-17-7-11)9-13-6-12(16(22)19-23)3-4-14(13)18-15/h1-7,23H,8-10H2,(H,18,21)(H,19,22). The van der Waals surface area contributed by atoms with Crippen molar-refractivity contribution in [1.29, 1.82) is 0 Å². The van der Waals surface area contributed by atoms with Gasteiger partial charge in [0.25, 0.3) is 5.91 Å². The van der Waals surface area contributed by atoms with Crippen molar-refractivity contribution in [2.24, 2.45) is 0 Å². The van der Waals surface area contributed by atoms with Crippen molar-refractivity contribution in [2.45, 2.75) is 13.1 Å². The van der Waals surface area contributed by atoms with Crippen LogP contribution in [0.5, 0.6) is 0 Å². The van der Waals surface area contributed by atoms with Gasteiger partial charge in [-0.2, -0.15) is 0 Å². The minimum absolute atomic E-state index is 0.105. The highest BCUT2D eigenvalue weighted by atomic mass is 16.5. The number of carbonyl (C=O) groups excluding carboxylic acids is 2. The zero-order valence-corrected chi connectivity index (χ0v) is 12.3. The maximum Gasteiger partial charge on any atom is 0.274 e. The van der Waals surface area contributed by atoms with Crippen LogP contribution in [0.25, 0.3) is 0 Å². The fourth-order valence-corrected chi connectivity index (χ4v) is 2.60. The Morgan fingerprint density at radius 3 is 2.96 bits per heavy atom. The summed E-state index contributed by atoms with van der Waals surface area (Å²) in [5.41, 5.74) is 4.46. The molecule has 0 unspecified atom stereocenters. The van der Waals surface area contributed by atoms with Gasteiger partial charge >= 0.3 is 0 Å². The molecule has 0 saturated heterocycles. The van der Waals surface area contributed by atoms with Gasteiger partial charge in [0, 0.05) is 36.7 Å². The van der Waals surface area contributed by atoms with E-state index in [0.29, 0.717) is 24.3 Å². The summed E-state index contributed by atoms with van der Waals surface area (Å²) in [5, 5.41) is 11.6. The molecule has 7 heteroatoms. The number of anilines is 1. The van der Waals surface area contributed by atoms with Crippen LogP contribution < -0.4 is 10.8 Å². The molecule has 1 aliphatic heterocycles. The van der Waals surface area contributed by atoms with E-state index >= 15 is 0 Å². The minimum atomic E-state index is -0.581. The Labute approximate surface area is 132 Å². The molecule has 0 radical (unpaired) electrons. The third-order valence-corrected chi connectivity index (χ3v) is 3.63. The summed E-state index contributed by atoms with van der Waals surface area (Å²) in [5.74, 6) is -0.686. The predicted molar refractivity (Wildman–Crippen MR) is 82.7 cm³/mol. The zero-order valence-electron chi connectivity index (χ0n) is 12.3. The number of hydroxylamine groups is 1. The molecule has 1 aromatic carbocycles. The van der Waals surface area contributed by atoms with Crippen molar-refractivity contribution in [1.82, 2.24) is 15.4 Å².